The summed E-state index contributed by atoms with van der Waals surface area (Å²) in [6, 6.07) is 9.95. The van der Waals surface area contributed by atoms with Crippen molar-refractivity contribution in [1.29, 1.82) is 0 Å². The van der Waals surface area contributed by atoms with Crippen molar-refractivity contribution < 1.29 is 4.79 Å². The quantitative estimate of drug-likeness (QED) is 0.680. The second kappa shape index (κ2) is 6.80. The Labute approximate surface area is 152 Å². The maximum Gasteiger partial charge on any atom is 0.272 e. The highest BCUT2D eigenvalue weighted by atomic mass is 16.1. The molecule has 1 amide bonds. The van der Waals surface area contributed by atoms with E-state index in [-0.39, 0.29) is 5.91 Å². The highest BCUT2D eigenvalue weighted by Crippen LogP contribution is 2.22. The third kappa shape index (κ3) is 3.28. The van der Waals surface area contributed by atoms with Gasteiger partial charge in [-0.3, -0.25) is 4.79 Å². The molecule has 0 spiro atoms. The number of anilines is 2. The molecule has 6 heteroatoms. The van der Waals surface area contributed by atoms with E-state index in [1.54, 1.807) is 6.20 Å². The first-order valence-corrected chi connectivity index (χ1v) is 8.93. The van der Waals surface area contributed by atoms with E-state index in [1.807, 2.05) is 25.1 Å². The van der Waals surface area contributed by atoms with Crippen molar-refractivity contribution in [2.75, 3.05) is 36.4 Å². The number of benzene rings is 1. The van der Waals surface area contributed by atoms with Crippen LogP contribution in [0, 0.1) is 13.8 Å². The van der Waals surface area contributed by atoms with Crippen LogP contribution in [0.5, 0.6) is 0 Å². The lowest BCUT2D eigenvalue weighted by atomic mass is 10.1. The second-order valence-electron chi connectivity index (χ2n) is 6.83. The van der Waals surface area contributed by atoms with E-state index in [9.17, 15) is 4.79 Å². The molecule has 0 unspecified atom stereocenters. The Morgan fingerprint density at radius 2 is 1.96 bits per heavy atom. The van der Waals surface area contributed by atoms with Gasteiger partial charge in [-0.15, -0.1) is 0 Å². The Bertz CT molecular complexity index is 939. The fourth-order valence-corrected chi connectivity index (χ4v) is 3.47. The smallest absolute Gasteiger partial charge is 0.272 e. The van der Waals surface area contributed by atoms with Crippen LogP contribution in [0.4, 0.5) is 11.5 Å². The first-order chi connectivity index (χ1) is 12.6. The van der Waals surface area contributed by atoms with Crippen LogP contribution in [0.1, 0.15) is 21.6 Å². The van der Waals surface area contributed by atoms with Crippen LogP contribution in [-0.2, 0) is 0 Å². The standard InChI is InChI=1S/C20H23N5O/c1-13-9-14(2)19-15(10-13)11-17(24-19)20(26)23-16-3-4-18(22-12-16)25-7-5-21-6-8-25/h3-4,9-12,21,24H,5-8H2,1-2H3,(H,23,26). The Morgan fingerprint density at radius 3 is 2.69 bits per heavy atom. The third-order valence-electron chi connectivity index (χ3n) is 4.76. The van der Waals surface area contributed by atoms with Crippen molar-refractivity contribution in [3.8, 4) is 0 Å². The predicted molar refractivity (Wildman–Crippen MR) is 105 cm³/mol. The fourth-order valence-electron chi connectivity index (χ4n) is 3.47. The molecule has 1 fully saturated rings. The molecule has 4 rings (SSSR count). The first-order valence-electron chi connectivity index (χ1n) is 8.93. The number of fused-ring (bicyclic) bond motifs is 1. The minimum atomic E-state index is -0.157. The Balaban J connectivity index is 1.50. The second-order valence-corrected chi connectivity index (χ2v) is 6.83. The molecule has 3 heterocycles. The van der Waals surface area contributed by atoms with Gasteiger partial charge in [-0.05, 0) is 43.7 Å². The van der Waals surface area contributed by atoms with E-state index in [0.717, 1.165) is 48.5 Å². The minimum Gasteiger partial charge on any atom is -0.354 e. The van der Waals surface area contributed by atoms with Gasteiger partial charge in [0, 0.05) is 37.1 Å². The van der Waals surface area contributed by atoms with Gasteiger partial charge >= 0.3 is 0 Å². The summed E-state index contributed by atoms with van der Waals surface area (Å²) in [6.07, 6.45) is 1.72. The third-order valence-corrected chi connectivity index (χ3v) is 4.76. The molecule has 0 bridgehead atoms. The van der Waals surface area contributed by atoms with Crippen LogP contribution < -0.4 is 15.5 Å². The molecular weight excluding hydrogens is 326 g/mol. The molecule has 1 saturated heterocycles. The number of aryl methyl sites for hydroxylation is 2. The van der Waals surface area contributed by atoms with Gasteiger partial charge in [0.2, 0.25) is 0 Å². The summed E-state index contributed by atoms with van der Waals surface area (Å²) >= 11 is 0. The summed E-state index contributed by atoms with van der Waals surface area (Å²) in [6.45, 7) is 7.95. The number of amides is 1. The van der Waals surface area contributed by atoms with Crippen molar-refractivity contribution in [1.82, 2.24) is 15.3 Å². The number of aromatic nitrogens is 2. The van der Waals surface area contributed by atoms with Gasteiger partial charge in [-0.25, -0.2) is 4.98 Å². The largest absolute Gasteiger partial charge is 0.354 e. The molecule has 0 saturated carbocycles. The van der Waals surface area contributed by atoms with Crippen LogP contribution in [0.2, 0.25) is 0 Å². The number of rotatable bonds is 3. The van der Waals surface area contributed by atoms with Crippen LogP contribution in [0.25, 0.3) is 10.9 Å². The zero-order valence-corrected chi connectivity index (χ0v) is 15.1. The summed E-state index contributed by atoms with van der Waals surface area (Å²) < 4.78 is 0. The maximum atomic E-state index is 12.6. The topological polar surface area (TPSA) is 73.1 Å². The molecule has 1 aliphatic heterocycles. The summed E-state index contributed by atoms with van der Waals surface area (Å²) in [7, 11) is 0. The number of carbonyl (C=O) groups is 1. The molecule has 134 valence electrons. The van der Waals surface area contributed by atoms with Crippen molar-refractivity contribution in [2.24, 2.45) is 0 Å². The van der Waals surface area contributed by atoms with Crippen LogP contribution in [0.15, 0.2) is 36.5 Å². The lowest BCUT2D eigenvalue weighted by Gasteiger charge is -2.28. The van der Waals surface area contributed by atoms with Gasteiger partial charge in [0.25, 0.3) is 5.91 Å². The monoisotopic (exact) mass is 349 g/mol. The summed E-state index contributed by atoms with van der Waals surface area (Å²) in [5.41, 5.74) is 4.59. The number of hydrogen-bond donors (Lipinski definition) is 3. The van der Waals surface area contributed by atoms with Crippen molar-refractivity contribution in [3.63, 3.8) is 0 Å². The van der Waals surface area contributed by atoms with Gasteiger partial charge < -0.3 is 20.5 Å². The predicted octanol–water partition coefficient (Wildman–Crippen LogP) is 2.84. The highest BCUT2D eigenvalue weighted by molar-refractivity contribution is 6.06. The van der Waals surface area contributed by atoms with Crippen LogP contribution in [-0.4, -0.2) is 42.1 Å². The molecule has 6 nitrogen and oxygen atoms in total. The zero-order chi connectivity index (χ0) is 18.1. The summed E-state index contributed by atoms with van der Waals surface area (Å²) in [4.78, 5) is 22.5. The Morgan fingerprint density at radius 1 is 1.15 bits per heavy atom. The minimum absolute atomic E-state index is 0.157. The molecule has 3 aromatic rings. The first kappa shape index (κ1) is 16.6. The zero-order valence-electron chi connectivity index (χ0n) is 15.1. The lowest BCUT2D eigenvalue weighted by Crippen LogP contribution is -2.43. The molecule has 0 atom stereocenters. The number of carbonyl (C=O) groups excluding carboxylic acids is 1. The maximum absolute atomic E-state index is 12.6. The average molecular weight is 349 g/mol. The number of pyridine rings is 1. The molecule has 0 aliphatic carbocycles. The number of aromatic amines is 1. The SMILES string of the molecule is Cc1cc(C)c2[nH]c(C(=O)Nc3ccc(N4CCNCC4)nc3)cc2c1. The van der Waals surface area contributed by atoms with Gasteiger partial charge in [0.1, 0.15) is 11.5 Å². The van der Waals surface area contributed by atoms with Gasteiger partial charge in [-0.1, -0.05) is 11.6 Å². The van der Waals surface area contributed by atoms with Gasteiger partial charge in [0.15, 0.2) is 0 Å². The number of nitrogens with zero attached hydrogens (tertiary/aromatic N) is 2. The van der Waals surface area contributed by atoms with Crippen molar-refractivity contribution in [3.05, 3.63) is 53.3 Å². The molecule has 26 heavy (non-hydrogen) atoms. The van der Waals surface area contributed by atoms with E-state index in [1.165, 1.54) is 5.56 Å². The van der Waals surface area contributed by atoms with Gasteiger partial charge in [-0.2, -0.15) is 0 Å². The molecular formula is C20H23N5O. The normalized spacial score (nSPS) is 14.6. The van der Waals surface area contributed by atoms with Crippen molar-refractivity contribution >= 4 is 28.3 Å². The number of H-pyrrole nitrogens is 1. The van der Waals surface area contributed by atoms with E-state index < -0.39 is 0 Å². The lowest BCUT2D eigenvalue weighted by molar-refractivity contribution is 0.102. The molecule has 1 aliphatic rings. The Hall–Kier alpha value is -2.86. The van der Waals surface area contributed by atoms with Gasteiger partial charge in [0.05, 0.1) is 11.9 Å². The van der Waals surface area contributed by atoms with E-state index in [2.05, 4.69) is 44.6 Å². The van der Waals surface area contributed by atoms with E-state index >= 15 is 0 Å². The molecule has 1 aromatic carbocycles. The number of nitrogens with one attached hydrogen (secondary N) is 3. The molecule has 3 N–H and O–H groups in total. The number of piperazine rings is 1. The average Bonchev–Trinajstić information content (AvgIpc) is 3.08. The van der Waals surface area contributed by atoms with Crippen LogP contribution in [0.3, 0.4) is 0 Å². The molecule has 0 radical (unpaired) electrons. The number of hydrogen-bond acceptors (Lipinski definition) is 4. The van der Waals surface area contributed by atoms with Crippen LogP contribution >= 0.6 is 0 Å². The van der Waals surface area contributed by atoms with E-state index in [0.29, 0.717) is 11.4 Å². The van der Waals surface area contributed by atoms with Crippen molar-refractivity contribution in [2.45, 2.75) is 13.8 Å². The molecule has 2 aromatic heterocycles. The highest BCUT2D eigenvalue weighted by Gasteiger charge is 2.14. The van der Waals surface area contributed by atoms with E-state index in [4.69, 9.17) is 0 Å². The summed E-state index contributed by atoms with van der Waals surface area (Å²) in [5.74, 6) is 0.788. The summed E-state index contributed by atoms with van der Waals surface area (Å²) in [5, 5.41) is 7.30. The fraction of sp³-hybridized carbons (Fsp3) is 0.300. The Kier molecular flexibility index (Phi) is 4.34.